The van der Waals surface area contributed by atoms with Crippen molar-refractivity contribution in [2.24, 2.45) is 13.0 Å². The Labute approximate surface area is 127 Å². The van der Waals surface area contributed by atoms with Gasteiger partial charge in [-0.05, 0) is 38.1 Å². The first-order valence-corrected chi connectivity index (χ1v) is 8.64. The van der Waals surface area contributed by atoms with E-state index < -0.39 is 0 Å². The highest BCUT2D eigenvalue weighted by atomic mass is 15.2. The molecule has 1 aromatic heterocycles. The Balaban J connectivity index is 1.50. The van der Waals surface area contributed by atoms with Crippen molar-refractivity contribution in [1.82, 2.24) is 25.4 Å². The fourth-order valence-electron chi connectivity index (χ4n) is 4.04. The summed E-state index contributed by atoms with van der Waals surface area (Å²) in [6.45, 7) is 2.23. The molecule has 0 radical (unpaired) electrons. The molecule has 21 heavy (non-hydrogen) atoms. The maximum atomic E-state index is 4.17. The second kappa shape index (κ2) is 7.36. The molecule has 2 N–H and O–H groups in total. The molecule has 5 heteroatoms. The van der Waals surface area contributed by atoms with Crippen LogP contribution in [-0.4, -0.2) is 39.9 Å². The van der Waals surface area contributed by atoms with Gasteiger partial charge in [-0.15, -0.1) is 10.2 Å². The van der Waals surface area contributed by atoms with E-state index in [-0.39, 0.29) is 0 Å². The first kappa shape index (κ1) is 15.0. The molecule has 2 fully saturated rings. The smallest absolute Gasteiger partial charge is 0.133 e. The lowest BCUT2D eigenvalue weighted by molar-refractivity contribution is 0.182. The van der Waals surface area contributed by atoms with E-state index in [1.807, 2.05) is 11.6 Å². The standard InChI is InChI=1S/C16H29N5/c1-21-12-19-20-16(21)9-11-18-15-7-3-2-6-13(15)14-8-4-5-10-17-14/h12-15,17-18H,2-11H2,1H3. The van der Waals surface area contributed by atoms with Crippen LogP contribution in [0.15, 0.2) is 6.33 Å². The minimum absolute atomic E-state index is 0.683. The first-order chi connectivity index (χ1) is 10.3. The molecular weight excluding hydrogens is 262 g/mol. The summed E-state index contributed by atoms with van der Waals surface area (Å²) in [6, 6.07) is 1.42. The topological polar surface area (TPSA) is 54.8 Å². The largest absolute Gasteiger partial charge is 0.321 e. The average Bonchev–Trinajstić information content (AvgIpc) is 2.94. The molecule has 3 unspecified atom stereocenters. The van der Waals surface area contributed by atoms with Crippen molar-refractivity contribution in [3.05, 3.63) is 12.2 Å². The molecule has 3 rings (SSSR count). The molecule has 1 aliphatic carbocycles. The second-order valence-electron chi connectivity index (χ2n) is 6.67. The minimum Gasteiger partial charge on any atom is -0.321 e. The maximum absolute atomic E-state index is 4.17. The monoisotopic (exact) mass is 291 g/mol. The SMILES string of the molecule is Cn1cnnc1CCNC1CCCCC1C1CCCCN1. The molecule has 0 amide bonds. The summed E-state index contributed by atoms with van der Waals surface area (Å²) in [7, 11) is 2.02. The predicted molar refractivity (Wildman–Crippen MR) is 84.1 cm³/mol. The van der Waals surface area contributed by atoms with Crippen LogP contribution in [0, 0.1) is 5.92 Å². The van der Waals surface area contributed by atoms with Gasteiger partial charge in [-0.25, -0.2) is 0 Å². The van der Waals surface area contributed by atoms with Crippen molar-refractivity contribution in [2.45, 2.75) is 63.5 Å². The molecule has 1 aliphatic heterocycles. The molecule has 0 bridgehead atoms. The van der Waals surface area contributed by atoms with Crippen molar-refractivity contribution >= 4 is 0 Å². The van der Waals surface area contributed by atoms with Gasteiger partial charge in [0.05, 0.1) is 0 Å². The number of piperidine rings is 1. The fraction of sp³-hybridized carbons (Fsp3) is 0.875. The van der Waals surface area contributed by atoms with Crippen LogP contribution in [0.5, 0.6) is 0 Å². The van der Waals surface area contributed by atoms with Gasteiger partial charge in [0.1, 0.15) is 12.2 Å². The van der Waals surface area contributed by atoms with Crippen molar-refractivity contribution < 1.29 is 0 Å². The zero-order chi connectivity index (χ0) is 14.5. The lowest BCUT2D eigenvalue weighted by atomic mass is 9.77. The van der Waals surface area contributed by atoms with Gasteiger partial charge in [-0.2, -0.15) is 0 Å². The second-order valence-corrected chi connectivity index (χ2v) is 6.67. The lowest BCUT2D eigenvalue weighted by Gasteiger charge is -2.40. The van der Waals surface area contributed by atoms with Crippen molar-refractivity contribution in [3.8, 4) is 0 Å². The van der Waals surface area contributed by atoms with Gasteiger partial charge in [0.2, 0.25) is 0 Å². The van der Waals surface area contributed by atoms with E-state index in [4.69, 9.17) is 0 Å². The van der Waals surface area contributed by atoms with Gasteiger partial charge in [-0.3, -0.25) is 0 Å². The Kier molecular flexibility index (Phi) is 5.25. The summed E-state index contributed by atoms with van der Waals surface area (Å²) < 4.78 is 2.02. The van der Waals surface area contributed by atoms with Crippen LogP contribution in [-0.2, 0) is 13.5 Å². The summed E-state index contributed by atoms with van der Waals surface area (Å²) in [5.74, 6) is 1.89. The molecule has 0 spiro atoms. The number of aryl methyl sites for hydroxylation is 1. The molecular formula is C16H29N5. The van der Waals surface area contributed by atoms with Crippen LogP contribution in [0.25, 0.3) is 0 Å². The van der Waals surface area contributed by atoms with E-state index >= 15 is 0 Å². The average molecular weight is 291 g/mol. The van der Waals surface area contributed by atoms with Crippen LogP contribution >= 0.6 is 0 Å². The van der Waals surface area contributed by atoms with Crippen LogP contribution in [0.2, 0.25) is 0 Å². The molecule has 1 aromatic rings. The van der Waals surface area contributed by atoms with Gasteiger partial charge in [-0.1, -0.05) is 19.3 Å². The summed E-state index contributed by atoms with van der Waals surface area (Å²) in [6.07, 6.45) is 12.4. The molecule has 2 aliphatic rings. The van der Waals surface area contributed by atoms with Crippen molar-refractivity contribution in [2.75, 3.05) is 13.1 Å². The van der Waals surface area contributed by atoms with E-state index in [1.165, 1.54) is 51.5 Å². The third-order valence-electron chi connectivity index (χ3n) is 5.24. The van der Waals surface area contributed by atoms with Gasteiger partial charge in [0.15, 0.2) is 0 Å². The van der Waals surface area contributed by atoms with E-state index in [0.29, 0.717) is 6.04 Å². The molecule has 118 valence electrons. The number of hydrogen-bond acceptors (Lipinski definition) is 4. The zero-order valence-corrected chi connectivity index (χ0v) is 13.2. The van der Waals surface area contributed by atoms with Gasteiger partial charge >= 0.3 is 0 Å². The normalized spacial score (nSPS) is 30.4. The summed E-state index contributed by atoms with van der Waals surface area (Å²) >= 11 is 0. The van der Waals surface area contributed by atoms with Crippen LogP contribution in [0.3, 0.4) is 0 Å². The van der Waals surface area contributed by atoms with E-state index in [2.05, 4.69) is 20.8 Å². The molecule has 0 aromatic carbocycles. The third-order valence-corrected chi connectivity index (χ3v) is 5.24. The number of nitrogens with zero attached hydrogens (tertiary/aromatic N) is 3. The number of hydrogen-bond donors (Lipinski definition) is 2. The summed E-state index contributed by atoms with van der Waals surface area (Å²) in [5.41, 5.74) is 0. The third kappa shape index (κ3) is 3.83. The highest BCUT2D eigenvalue weighted by molar-refractivity contribution is 4.92. The molecule has 1 saturated heterocycles. The number of nitrogens with one attached hydrogen (secondary N) is 2. The zero-order valence-electron chi connectivity index (χ0n) is 13.2. The number of aromatic nitrogens is 3. The lowest BCUT2D eigenvalue weighted by Crippen LogP contribution is -2.50. The minimum atomic E-state index is 0.683. The Morgan fingerprint density at radius 1 is 1.24 bits per heavy atom. The molecule has 2 heterocycles. The predicted octanol–water partition coefficient (Wildman–Crippen LogP) is 1.65. The first-order valence-electron chi connectivity index (χ1n) is 8.64. The highest BCUT2D eigenvalue weighted by Gasteiger charge is 2.31. The Morgan fingerprint density at radius 2 is 2.10 bits per heavy atom. The van der Waals surface area contributed by atoms with Crippen LogP contribution < -0.4 is 10.6 Å². The Morgan fingerprint density at radius 3 is 2.86 bits per heavy atom. The number of rotatable bonds is 5. The fourth-order valence-corrected chi connectivity index (χ4v) is 4.04. The van der Waals surface area contributed by atoms with Gasteiger partial charge < -0.3 is 15.2 Å². The summed E-state index contributed by atoms with van der Waals surface area (Å²) in [5, 5.41) is 15.7. The highest BCUT2D eigenvalue weighted by Crippen LogP contribution is 2.30. The molecule has 5 nitrogen and oxygen atoms in total. The molecule has 3 atom stereocenters. The van der Waals surface area contributed by atoms with E-state index in [1.54, 1.807) is 6.33 Å². The van der Waals surface area contributed by atoms with Gasteiger partial charge in [0, 0.05) is 32.1 Å². The van der Waals surface area contributed by atoms with Crippen LogP contribution in [0.4, 0.5) is 0 Å². The van der Waals surface area contributed by atoms with Gasteiger partial charge in [0.25, 0.3) is 0 Å². The maximum Gasteiger partial charge on any atom is 0.133 e. The Bertz CT molecular complexity index is 424. The van der Waals surface area contributed by atoms with E-state index in [0.717, 1.165) is 30.7 Å². The van der Waals surface area contributed by atoms with E-state index in [9.17, 15) is 0 Å². The summed E-state index contributed by atoms with van der Waals surface area (Å²) in [4.78, 5) is 0. The Hall–Kier alpha value is -0.940. The van der Waals surface area contributed by atoms with Crippen molar-refractivity contribution in [3.63, 3.8) is 0 Å². The van der Waals surface area contributed by atoms with Crippen molar-refractivity contribution in [1.29, 1.82) is 0 Å². The quantitative estimate of drug-likeness (QED) is 0.866. The molecule has 1 saturated carbocycles. The van der Waals surface area contributed by atoms with Crippen LogP contribution in [0.1, 0.15) is 50.8 Å².